The van der Waals surface area contributed by atoms with Crippen molar-refractivity contribution < 1.29 is 9.47 Å². The maximum atomic E-state index is 5.68. The van der Waals surface area contributed by atoms with Crippen molar-refractivity contribution in [3.05, 3.63) is 22.2 Å². The van der Waals surface area contributed by atoms with Gasteiger partial charge in [0.25, 0.3) is 0 Å². The first-order valence-electron chi connectivity index (χ1n) is 4.55. The summed E-state index contributed by atoms with van der Waals surface area (Å²) in [5.74, 6) is 1.59. The molecular formula is C11H15BrO2. The van der Waals surface area contributed by atoms with E-state index in [1.54, 1.807) is 7.11 Å². The van der Waals surface area contributed by atoms with Crippen molar-refractivity contribution in [3.63, 3.8) is 0 Å². The highest BCUT2D eigenvalue weighted by Crippen LogP contribution is 2.34. The van der Waals surface area contributed by atoms with Crippen molar-refractivity contribution in [1.82, 2.24) is 0 Å². The molecule has 3 heteroatoms. The van der Waals surface area contributed by atoms with Gasteiger partial charge in [-0.25, -0.2) is 0 Å². The molecule has 0 unspecified atom stereocenters. The molecule has 0 amide bonds. The van der Waals surface area contributed by atoms with Crippen LogP contribution >= 0.6 is 15.9 Å². The molecule has 1 aromatic rings. The highest BCUT2D eigenvalue weighted by Gasteiger charge is 2.10. The topological polar surface area (TPSA) is 18.5 Å². The molecule has 14 heavy (non-hydrogen) atoms. The summed E-state index contributed by atoms with van der Waals surface area (Å²) in [6.45, 7) is 6.01. The van der Waals surface area contributed by atoms with E-state index in [4.69, 9.17) is 9.47 Å². The lowest BCUT2D eigenvalue weighted by Crippen LogP contribution is -2.07. The second kappa shape index (κ2) is 4.69. The zero-order chi connectivity index (χ0) is 10.7. The molecule has 0 saturated carbocycles. The van der Waals surface area contributed by atoms with Crippen molar-refractivity contribution in [2.75, 3.05) is 7.11 Å². The lowest BCUT2D eigenvalue weighted by atomic mass is 10.2. The minimum absolute atomic E-state index is 0.156. The van der Waals surface area contributed by atoms with Crippen molar-refractivity contribution in [2.45, 2.75) is 26.9 Å². The summed E-state index contributed by atoms with van der Waals surface area (Å²) in [4.78, 5) is 0. The Bertz CT molecular complexity index is 321. The first-order chi connectivity index (χ1) is 6.54. The van der Waals surface area contributed by atoms with Crippen molar-refractivity contribution in [2.24, 2.45) is 0 Å². The van der Waals surface area contributed by atoms with E-state index >= 15 is 0 Å². The van der Waals surface area contributed by atoms with Gasteiger partial charge in [0.1, 0.15) is 0 Å². The molecule has 0 aliphatic heterocycles. The number of rotatable bonds is 3. The second-order valence-corrected chi connectivity index (χ2v) is 4.34. The molecule has 0 bridgehead atoms. The molecule has 0 radical (unpaired) electrons. The van der Waals surface area contributed by atoms with Crippen LogP contribution in [0.25, 0.3) is 0 Å². The largest absolute Gasteiger partial charge is 0.493 e. The van der Waals surface area contributed by atoms with Gasteiger partial charge < -0.3 is 9.47 Å². The Morgan fingerprint density at radius 3 is 2.43 bits per heavy atom. The lowest BCUT2D eigenvalue weighted by molar-refractivity contribution is 0.228. The van der Waals surface area contributed by atoms with Gasteiger partial charge in [-0.2, -0.15) is 0 Å². The molecule has 0 heterocycles. The van der Waals surface area contributed by atoms with E-state index in [1.165, 1.54) is 0 Å². The summed E-state index contributed by atoms with van der Waals surface area (Å²) in [7, 11) is 1.65. The molecule has 0 atom stereocenters. The van der Waals surface area contributed by atoms with Crippen molar-refractivity contribution in [3.8, 4) is 11.5 Å². The van der Waals surface area contributed by atoms with Crippen molar-refractivity contribution in [1.29, 1.82) is 0 Å². The molecule has 0 aromatic heterocycles. The number of aryl methyl sites for hydroxylation is 1. The minimum atomic E-state index is 0.156. The van der Waals surface area contributed by atoms with E-state index in [2.05, 4.69) is 15.9 Å². The van der Waals surface area contributed by atoms with E-state index in [9.17, 15) is 0 Å². The fraction of sp³-hybridized carbons (Fsp3) is 0.455. The van der Waals surface area contributed by atoms with E-state index in [-0.39, 0.29) is 6.10 Å². The summed E-state index contributed by atoms with van der Waals surface area (Å²) < 4.78 is 11.9. The molecule has 78 valence electrons. The predicted molar refractivity (Wildman–Crippen MR) is 61.2 cm³/mol. The monoisotopic (exact) mass is 258 g/mol. The Morgan fingerprint density at radius 1 is 1.29 bits per heavy atom. The average Bonchev–Trinajstić information content (AvgIpc) is 2.08. The van der Waals surface area contributed by atoms with Gasteiger partial charge in [-0.05, 0) is 38.5 Å². The number of hydrogen-bond donors (Lipinski definition) is 0. The second-order valence-electron chi connectivity index (χ2n) is 3.42. The van der Waals surface area contributed by atoms with Crippen LogP contribution < -0.4 is 9.47 Å². The fourth-order valence-electron chi connectivity index (χ4n) is 1.24. The summed E-state index contributed by atoms with van der Waals surface area (Å²) in [5.41, 5.74) is 1.07. The number of benzene rings is 1. The number of halogens is 1. The van der Waals surface area contributed by atoms with Gasteiger partial charge in [-0.15, -0.1) is 0 Å². The summed E-state index contributed by atoms with van der Waals surface area (Å²) in [6, 6.07) is 3.92. The molecule has 1 aromatic carbocycles. The molecule has 0 aliphatic carbocycles. The van der Waals surface area contributed by atoms with Crippen LogP contribution in [-0.4, -0.2) is 13.2 Å². The van der Waals surface area contributed by atoms with Gasteiger partial charge in [0.15, 0.2) is 11.5 Å². The summed E-state index contributed by atoms with van der Waals surface area (Å²) in [6.07, 6.45) is 0.156. The van der Waals surface area contributed by atoms with E-state index in [0.717, 1.165) is 21.5 Å². The minimum Gasteiger partial charge on any atom is -0.493 e. The van der Waals surface area contributed by atoms with Gasteiger partial charge in [-0.1, -0.05) is 15.9 Å². The SMILES string of the molecule is COc1cc(Br)cc(C)c1OC(C)C. The van der Waals surface area contributed by atoms with Crippen molar-refractivity contribution >= 4 is 15.9 Å². The molecule has 0 spiro atoms. The lowest BCUT2D eigenvalue weighted by Gasteiger charge is -2.16. The molecule has 0 N–H and O–H groups in total. The summed E-state index contributed by atoms with van der Waals surface area (Å²) in [5, 5.41) is 0. The molecule has 2 nitrogen and oxygen atoms in total. The van der Waals surface area contributed by atoms with Gasteiger partial charge in [-0.3, -0.25) is 0 Å². The molecule has 1 rings (SSSR count). The quantitative estimate of drug-likeness (QED) is 0.826. The zero-order valence-electron chi connectivity index (χ0n) is 8.93. The van der Waals surface area contributed by atoms with Crippen LogP contribution in [0.3, 0.4) is 0 Å². The molecule has 0 aliphatic rings. The number of ether oxygens (including phenoxy) is 2. The Labute approximate surface area is 93.4 Å². The highest BCUT2D eigenvalue weighted by atomic mass is 79.9. The maximum absolute atomic E-state index is 5.68. The predicted octanol–water partition coefficient (Wildman–Crippen LogP) is 3.55. The smallest absolute Gasteiger partial charge is 0.164 e. The van der Waals surface area contributed by atoms with Gasteiger partial charge in [0.05, 0.1) is 13.2 Å². The first-order valence-corrected chi connectivity index (χ1v) is 5.34. The van der Waals surface area contributed by atoms with Gasteiger partial charge in [0.2, 0.25) is 0 Å². The van der Waals surface area contributed by atoms with E-state index in [1.807, 2.05) is 32.9 Å². The van der Waals surface area contributed by atoms with Crippen LogP contribution in [0.15, 0.2) is 16.6 Å². The van der Waals surface area contributed by atoms with E-state index in [0.29, 0.717) is 0 Å². The van der Waals surface area contributed by atoms with Crippen LogP contribution in [-0.2, 0) is 0 Å². The Balaban J connectivity index is 3.11. The Morgan fingerprint density at radius 2 is 1.93 bits per heavy atom. The Kier molecular flexibility index (Phi) is 3.81. The normalized spacial score (nSPS) is 10.4. The van der Waals surface area contributed by atoms with Gasteiger partial charge in [0, 0.05) is 4.47 Å². The van der Waals surface area contributed by atoms with Crippen LogP contribution in [0.5, 0.6) is 11.5 Å². The molecule has 0 saturated heterocycles. The zero-order valence-corrected chi connectivity index (χ0v) is 10.5. The van der Waals surface area contributed by atoms with Crippen LogP contribution in [0, 0.1) is 6.92 Å². The highest BCUT2D eigenvalue weighted by molar-refractivity contribution is 9.10. The van der Waals surface area contributed by atoms with Crippen LogP contribution in [0.1, 0.15) is 19.4 Å². The molecule has 0 fully saturated rings. The average molecular weight is 259 g/mol. The van der Waals surface area contributed by atoms with E-state index < -0.39 is 0 Å². The maximum Gasteiger partial charge on any atom is 0.164 e. The first kappa shape index (κ1) is 11.4. The number of hydrogen-bond acceptors (Lipinski definition) is 2. The van der Waals surface area contributed by atoms with Crippen LogP contribution in [0.2, 0.25) is 0 Å². The van der Waals surface area contributed by atoms with Crippen LogP contribution in [0.4, 0.5) is 0 Å². The third-order valence-corrected chi connectivity index (χ3v) is 2.24. The third kappa shape index (κ3) is 2.64. The van der Waals surface area contributed by atoms with Gasteiger partial charge >= 0.3 is 0 Å². The standard InChI is InChI=1S/C11H15BrO2/c1-7(2)14-11-8(3)5-9(12)6-10(11)13-4/h5-7H,1-4H3. The third-order valence-electron chi connectivity index (χ3n) is 1.78. The fourth-order valence-corrected chi connectivity index (χ4v) is 1.79. The summed E-state index contributed by atoms with van der Waals surface area (Å²) >= 11 is 3.42. The molecular weight excluding hydrogens is 244 g/mol. The Hall–Kier alpha value is -0.700. The number of methoxy groups -OCH3 is 1.